The fourth-order valence-electron chi connectivity index (χ4n) is 4.72. The zero-order valence-electron chi connectivity index (χ0n) is 22.2. The summed E-state index contributed by atoms with van der Waals surface area (Å²) < 4.78 is 0. The quantitative estimate of drug-likeness (QED) is 0.277. The van der Waals surface area contributed by atoms with Crippen LogP contribution < -0.4 is 9.80 Å². The summed E-state index contributed by atoms with van der Waals surface area (Å²) in [5, 5.41) is 6.87. The van der Waals surface area contributed by atoms with E-state index in [9.17, 15) is 4.79 Å². The molecule has 38 heavy (non-hydrogen) atoms. The third-order valence-electron chi connectivity index (χ3n) is 6.78. The molecule has 0 fully saturated rings. The molecule has 0 amide bonds. The first kappa shape index (κ1) is 25.0. The zero-order chi connectivity index (χ0) is 26.6. The molecular formula is C33H32N4O. The van der Waals surface area contributed by atoms with Crippen LogP contribution in [0, 0.1) is 0 Å². The largest absolute Gasteiger partial charge is 0.378 e. The molecule has 0 aromatic heterocycles. The molecule has 4 aromatic rings. The van der Waals surface area contributed by atoms with E-state index in [1.54, 1.807) is 0 Å². The topological polar surface area (TPSA) is 39.1 Å². The van der Waals surface area contributed by atoms with Crippen LogP contribution in [-0.4, -0.2) is 45.2 Å². The van der Waals surface area contributed by atoms with E-state index >= 15 is 0 Å². The number of hydrogen-bond acceptors (Lipinski definition) is 5. The Morgan fingerprint density at radius 3 is 1.68 bits per heavy atom. The Morgan fingerprint density at radius 2 is 1.16 bits per heavy atom. The summed E-state index contributed by atoms with van der Waals surface area (Å²) in [6, 6.07) is 35.8. The van der Waals surface area contributed by atoms with Crippen molar-refractivity contribution in [3.05, 3.63) is 131 Å². The van der Waals surface area contributed by atoms with Crippen molar-refractivity contribution in [2.75, 3.05) is 38.0 Å². The summed E-state index contributed by atoms with van der Waals surface area (Å²) >= 11 is 0. The summed E-state index contributed by atoms with van der Waals surface area (Å²) in [6.45, 7) is 0. The molecule has 1 aliphatic rings. The molecule has 0 bridgehead atoms. The third-order valence-corrected chi connectivity index (χ3v) is 6.78. The highest BCUT2D eigenvalue weighted by Gasteiger charge is 2.41. The van der Waals surface area contributed by atoms with Crippen molar-refractivity contribution >= 4 is 34.6 Å². The maximum absolute atomic E-state index is 14.3. The lowest BCUT2D eigenvalue weighted by atomic mass is 9.95. The second kappa shape index (κ2) is 10.8. The Hall–Kier alpha value is -4.64. The van der Waals surface area contributed by atoms with Crippen LogP contribution in [0.25, 0.3) is 11.3 Å². The van der Waals surface area contributed by atoms with E-state index in [0.717, 1.165) is 39.3 Å². The average molecular weight is 501 g/mol. The number of rotatable bonds is 7. The van der Waals surface area contributed by atoms with Gasteiger partial charge in [-0.15, -0.1) is 0 Å². The minimum absolute atomic E-state index is 0.0350. The standard InChI is InChI=1S/C33H32N4O/c1-35(2)28-19-15-24(16-20-28)23-34-37-31(26-13-9-6-10-14-26)30(25-11-7-5-8-12-25)33(38)32(37)27-17-21-29(22-18-27)36(3)4/h5-23,32H,1-4H3/b34-23+. The van der Waals surface area contributed by atoms with E-state index in [2.05, 4.69) is 21.9 Å². The number of ketones is 1. The van der Waals surface area contributed by atoms with Gasteiger partial charge in [-0.3, -0.25) is 4.79 Å². The van der Waals surface area contributed by atoms with Crippen LogP contribution in [0.2, 0.25) is 0 Å². The van der Waals surface area contributed by atoms with Crippen molar-refractivity contribution < 1.29 is 4.79 Å². The van der Waals surface area contributed by atoms with Gasteiger partial charge in [-0.05, 0) is 41.0 Å². The lowest BCUT2D eigenvalue weighted by Gasteiger charge is -2.25. The van der Waals surface area contributed by atoms with Crippen molar-refractivity contribution in [1.29, 1.82) is 0 Å². The highest BCUT2D eigenvalue weighted by Crippen LogP contribution is 2.45. The summed E-state index contributed by atoms with van der Waals surface area (Å²) in [5.74, 6) is 0.0350. The van der Waals surface area contributed by atoms with Crippen molar-refractivity contribution in [3.63, 3.8) is 0 Å². The first-order valence-corrected chi connectivity index (χ1v) is 12.7. The number of hydrazone groups is 1. The van der Waals surface area contributed by atoms with Gasteiger partial charge in [0.25, 0.3) is 0 Å². The van der Waals surface area contributed by atoms with Gasteiger partial charge in [0.2, 0.25) is 0 Å². The molecule has 0 saturated heterocycles. The normalized spacial score (nSPS) is 15.4. The molecule has 0 spiro atoms. The molecule has 0 saturated carbocycles. The number of carbonyl (C=O) groups excluding carboxylic acids is 1. The van der Waals surface area contributed by atoms with Gasteiger partial charge in [0.05, 0.1) is 17.5 Å². The summed E-state index contributed by atoms with van der Waals surface area (Å²) in [5.41, 5.74) is 7.39. The van der Waals surface area contributed by atoms with Crippen LogP contribution in [0.4, 0.5) is 11.4 Å². The van der Waals surface area contributed by atoms with E-state index in [-0.39, 0.29) is 5.78 Å². The summed E-state index contributed by atoms with van der Waals surface area (Å²) in [6.07, 6.45) is 1.84. The maximum atomic E-state index is 14.3. The number of anilines is 2. The van der Waals surface area contributed by atoms with Crippen LogP contribution in [0.1, 0.15) is 28.3 Å². The number of hydrogen-bond donors (Lipinski definition) is 0. The number of Topliss-reactive ketones (excluding diaryl/α,β-unsaturated/α-hetero) is 1. The maximum Gasteiger partial charge on any atom is 0.194 e. The van der Waals surface area contributed by atoms with Crippen molar-refractivity contribution in [2.45, 2.75) is 6.04 Å². The number of nitrogens with zero attached hydrogens (tertiary/aromatic N) is 4. The van der Waals surface area contributed by atoms with E-state index in [1.165, 1.54) is 0 Å². The molecule has 1 heterocycles. The highest BCUT2D eigenvalue weighted by molar-refractivity contribution is 6.32. The molecule has 0 aliphatic carbocycles. The molecule has 1 atom stereocenters. The Labute approximate surface area is 224 Å². The molecule has 0 radical (unpaired) electrons. The van der Waals surface area contributed by atoms with Gasteiger partial charge in [-0.2, -0.15) is 5.10 Å². The van der Waals surface area contributed by atoms with Crippen molar-refractivity contribution in [3.8, 4) is 0 Å². The Bertz CT molecular complexity index is 1460. The van der Waals surface area contributed by atoms with Crippen molar-refractivity contribution in [2.24, 2.45) is 5.10 Å². The van der Waals surface area contributed by atoms with Crippen LogP contribution in [0.3, 0.4) is 0 Å². The minimum Gasteiger partial charge on any atom is -0.378 e. The molecule has 1 aliphatic heterocycles. The number of benzene rings is 4. The second-order valence-corrected chi connectivity index (χ2v) is 9.78. The molecule has 5 heteroatoms. The first-order chi connectivity index (χ1) is 18.4. The van der Waals surface area contributed by atoms with Gasteiger partial charge < -0.3 is 9.80 Å². The fraction of sp³-hybridized carbons (Fsp3) is 0.152. The zero-order valence-corrected chi connectivity index (χ0v) is 22.2. The SMILES string of the molecule is CN(C)c1ccc(/C=N/N2C(c3ccccc3)=C(c3ccccc3)C(=O)C2c2ccc(N(C)C)cc2)cc1. The summed E-state index contributed by atoms with van der Waals surface area (Å²) in [7, 11) is 8.06. The molecule has 5 rings (SSSR count). The van der Waals surface area contributed by atoms with E-state index in [4.69, 9.17) is 5.10 Å². The molecule has 5 nitrogen and oxygen atoms in total. The van der Waals surface area contributed by atoms with Gasteiger partial charge >= 0.3 is 0 Å². The van der Waals surface area contributed by atoms with Crippen LogP contribution >= 0.6 is 0 Å². The van der Waals surface area contributed by atoms with E-state index in [1.807, 2.05) is 136 Å². The van der Waals surface area contributed by atoms with Gasteiger partial charge in [-0.25, -0.2) is 5.01 Å². The third kappa shape index (κ3) is 4.96. The fourth-order valence-corrected chi connectivity index (χ4v) is 4.72. The summed E-state index contributed by atoms with van der Waals surface area (Å²) in [4.78, 5) is 18.4. The van der Waals surface area contributed by atoms with Crippen LogP contribution in [0.15, 0.2) is 114 Å². The molecule has 0 N–H and O–H groups in total. The monoisotopic (exact) mass is 500 g/mol. The first-order valence-electron chi connectivity index (χ1n) is 12.7. The van der Waals surface area contributed by atoms with Gasteiger partial charge in [0, 0.05) is 45.1 Å². The predicted octanol–water partition coefficient (Wildman–Crippen LogP) is 6.35. The van der Waals surface area contributed by atoms with Gasteiger partial charge in [-0.1, -0.05) is 84.9 Å². The van der Waals surface area contributed by atoms with Crippen LogP contribution in [0.5, 0.6) is 0 Å². The Kier molecular flexibility index (Phi) is 7.09. The highest BCUT2D eigenvalue weighted by atomic mass is 16.1. The molecule has 1 unspecified atom stereocenters. The lowest BCUT2D eigenvalue weighted by molar-refractivity contribution is -0.116. The minimum atomic E-state index is -0.575. The predicted molar refractivity (Wildman–Crippen MR) is 158 cm³/mol. The average Bonchev–Trinajstić information content (AvgIpc) is 3.24. The molecular weight excluding hydrogens is 468 g/mol. The lowest BCUT2D eigenvalue weighted by Crippen LogP contribution is -2.22. The van der Waals surface area contributed by atoms with Gasteiger partial charge in [0.1, 0.15) is 6.04 Å². The van der Waals surface area contributed by atoms with Crippen molar-refractivity contribution in [1.82, 2.24) is 5.01 Å². The second-order valence-electron chi connectivity index (χ2n) is 9.78. The Balaban J connectivity index is 1.66. The Morgan fingerprint density at radius 1 is 0.658 bits per heavy atom. The van der Waals surface area contributed by atoms with Gasteiger partial charge in [0.15, 0.2) is 5.78 Å². The molecule has 4 aromatic carbocycles. The van der Waals surface area contributed by atoms with E-state index < -0.39 is 6.04 Å². The number of carbonyl (C=O) groups is 1. The van der Waals surface area contributed by atoms with Crippen LogP contribution in [-0.2, 0) is 4.79 Å². The molecule has 190 valence electrons. The van der Waals surface area contributed by atoms with E-state index in [0.29, 0.717) is 5.57 Å². The smallest absolute Gasteiger partial charge is 0.194 e.